The van der Waals surface area contributed by atoms with Gasteiger partial charge in [0.2, 0.25) is 0 Å². The van der Waals surface area contributed by atoms with Crippen molar-refractivity contribution in [1.82, 2.24) is 0 Å². The molecule has 15 heavy (non-hydrogen) atoms. The van der Waals surface area contributed by atoms with Crippen LogP contribution in [0.1, 0.15) is 27.0 Å². The standard InChI is InChI=1S/C12H16O2S/c1-7-5-11(14-4)8(2)9(3)12(7)10(13)6-15/h5,15H,6H2,1-4H3. The average Bonchev–Trinajstić information content (AvgIpc) is 2.23. The van der Waals surface area contributed by atoms with Gasteiger partial charge < -0.3 is 4.74 Å². The molecule has 0 spiro atoms. The largest absolute Gasteiger partial charge is 0.496 e. The Hall–Kier alpha value is -0.960. The minimum atomic E-state index is 0.0686. The van der Waals surface area contributed by atoms with Crippen molar-refractivity contribution >= 4 is 18.4 Å². The SMILES string of the molecule is COc1cc(C)c(C(=O)CS)c(C)c1C. The lowest BCUT2D eigenvalue weighted by Gasteiger charge is -2.14. The molecule has 1 aromatic rings. The predicted octanol–water partition coefficient (Wildman–Crippen LogP) is 2.73. The molecule has 0 fully saturated rings. The third-order valence-electron chi connectivity index (χ3n) is 2.69. The molecule has 0 aliphatic carbocycles. The minimum absolute atomic E-state index is 0.0686. The molecule has 0 atom stereocenters. The Labute approximate surface area is 96.1 Å². The number of hydrogen-bond donors (Lipinski definition) is 1. The number of thiol groups is 1. The van der Waals surface area contributed by atoms with E-state index in [0.717, 1.165) is 28.0 Å². The van der Waals surface area contributed by atoms with Gasteiger partial charge in [-0.2, -0.15) is 12.6 Å². The number of ether oxygens (including phenoxy) is 1. The van der Waals surface area contributed by atoms with E-state index in [-0.39, 0.29) is 11.5 Å². The third kappa shape index (κ3) is 2.17. The van der Waals surface area contributed by atoms with Crippen molar-refractivity contribution in [3.05, 3.63) is 28.3 Å². The highest BCUT2D eigenvalue weighted by atomic mass is 32.1. The Bertz CT molecular complexity index is 397. The maximum absolute atomic E-state index is 11.7. The van der Waals surface area contributed by atoms with Crippen molar-refractivity contribution in [2.45, 2.75) is 20.8 Å². The molecule has 0 amide bonds. The van der Waals surface area contributed by atoms with E-state index in [4.69, 9.17) is 4.74 Å². The van der Waals surface area contributed by atoms with E-state index in [2.05, 4.69) is 12.6 Å². The molecular formula is C12H16O2S. The first-order valence-electron chi connectivity index (χ1n) is 4.81. The van der Waals surface area contributed by atoms with Gasteiger partial charge in [-0.1, -0.05) is 0 Å². The second kappa shape index (κ2) is 4.71. The van der Waals surface area contributed by atoms with Crippen molar-refractivity contribution < 1.29 is 9.53 Å². The van der Waals surface area contributed by atoms with Crippen LogP contribution in [-0.2, 0) is 0 Å². The second-order valence-electron chi connectivity index (χ2n) is 3.60. The molecule has 2 nitrogen and oxygen atoms in total. The predicted molar refractivity (Wildman–Crippen MR) is 65.4 cm³/mol. The van der Waals surface area contributed by atoms with Crippen LogP contribution in [0.25, 0.3) is 0 Å². The summed E-state index contributed by atoms with van der Waals surface area (Å²) in [5.74, 6) is 1.15. The van der Waals surface area contributed by atoms with Crippen LogP contribution in [-0.4, -0.2) is 18.6 Å². The summed E-state index contributed by atoms with van der Waals surface area (Å²) in [6.07, 6.45) is 0. The molecule has 1 rings (SSSR count). The molecule has 0 aromatic heterocycles. The quantitative estimate of drug-likeness (QED) is 0.631. The molecular weight excluding hydrogens is 208 g/mol. The van der Waals surface area contributed by atoms with E-state index >= 15 is 0 Å². The highest BCUT2D eigenvalue weighted by molar-refractivity contribution is 7.81. The van der Waals surface area contributed by atoms with Crippen LogP contribution in [0.5, 0.6) is 5.75 Å². The summed E-state index contributed by atoms with van der Waals surface area (Å²) in [6, 6.07) is 1.90. The topological polar surface area (TPSA) is 26.3 Å². The van der Waals surface area contributed by atoms with Crippen LogP contribution in [0.4, 0.5) is 0 Å². The number of carbonyl (C=O) groups is 1. The number of aryl methyl sites for hydroxylation is 1. The normalized spacial score (nSPS) is 10.2. The van der Waals surface area contributed by atoms with E-state index in [9.17, 15) is 4.79 Å². The zero-order valence-electron chi connectivity index (χ0n) is 9.55. The molecule has 0 radical (unpaired) electrons. The Morgan fingerprint density at radius 3 is 2.40 bits per heavy atom. The molecule has 0 heterocycles. The zero-order valence-corrected chi connectivity index (χ0v) is 10.4. The van der Waals surface area contributed by atoms with Gasteiger partial charge in [0.25, 0.3) is 0 Å². The number of benzene rings is 1. The molecule has 0 unspecified atom stereocenters. The lowest BCUT2D eigenvalue weighted by Crippen LogP contribution is -2.08. The monoisotopic (exact) mass is 224 g/mol. The van der Waals surface area contributed by atoms with Crippen molar-refractivity contribution in [1.29, 1.82) is 0 Å². The molecule has 0 aliphatic rings. The van der Waals surface area contributed by atoms with E-state index < -0.39 is 0 Å². The van der Waals surface area contributed by atoms with Crippen molar-refractivity contribution in [3.8, 4) is 5.75 Å². The van der Waals surface area contributed by atoms with Gasteiger partial charge in [0.15, 0.2) is 5.78 Å². The number of rotatable bonds is 3. The van der Waals surface area contributed by atoms with Crippen LogP contribution in [0, 0.1) is 20.8 Å². The maximum atomic E-state index is 11.7. The number of methoxy groups -OCH3 is 1. The summed E-state index contributed by atoms with van der Waals surface area (Å²) >= 11 is 4.02. The van der Waals surface area contributed by atoms with Gasteiger partial charge in [-0.05, 0) is 43.5 Å². The summed E-state index contributed by atoms with van der Waals surface area (Å²) in [4.78, 5) is 11.7. The fourth-order valence-corrected chi connectivity index (χ4v) is 1.92. The summed E-state index contributed by atoms with van der Waals surface area (Å²) < 4.78 is 5.24. The van der Waals surface area contributed by atoms with Gasteiger partial charge in [-0.25, -0.2) is 0 Å². The first kappa shape index (κ1) is 12.1. The van der Waals surface area contributed by atoms with Gasteiger partial charge in [0.1, 0.15) is 5.75 Å². The van der Waals surface area contributed by atoms with E-state index in [0.29, 0.717) is 0 Å². The summed E-state index contributed by atoms with van der Waals surface area (Å²) in [6.45, 7) is 5.83. The van der Waals surface area contributed by atoms with Crippen LogP contribution in [0.15, 0.2) is 6.07 Å². The minimum Gasteiger partial charge on any atom is -0.496 e. The number of Topliss-reactive ketones (excluding diaryl/α,β-unsaturated/α-hetero) is 1. The van der Waals surface area contributed by atoms with Crippen molar-refractivity contribution in [3.63, 3.8) is 0 Å². The Morgan fingerprint density at radius 1 is 1.33 bits per heavy atom. The van der Waals surface area contributed by atoms with Crippen LogP contribution < -0.4 is 4.74 Å². The Morgan fingerprint density at radius 2 is 1.93 bits per heavy atom. The molecule has 1 aromatic carbocycles. The smallest absolute Gasteiger partial charge is 0.173 e. The van der Waals surface area contributed by atoms with Gasteiger partial charge in [0.05, 0.1) is 12.9 Å². The van der Waals surface area contributed by atoms with Crippen molar-refractivity contribution in [2.75, 3.05) is 12.9 Å². The fraction of sp³-hybridized carbons (Fsp3) is 0.417. The highest BCUT2D eigenvalue weighted by Crippen LogP contribution is 2.27. The van der Waals surface area contributed by atoms with Crippen LogP contribution in [0.2, 0.25) is 0 Å². The molecule has 0 bridgehead atoms. The average molecular weight is 224 g/mol. The van der Waals surface area contributed by atoms with E-state index in [1.165, 1.54) is 0 Å². The van der Waals surface area contributed by atoms with Gasteiger partial charge in [-0.15, -0.1) is 0 Å². The fourth-order valence-electron chi connectivity index (χ4n) is 1.77. The highest BCUT2D eigenvalue weighted by Gasteiger charge is 2.15. The molecule has 0 saturated carbocycles. The molecule has 0 aliphatic heterocycles. The third-order valence-corrected chi connectivity index (χ3v) is 2.98. The van der Waals surface area contributed by atoms with E-state index in [1.54, 1.807) is 7.11 Å². The maximum Gasteiger partial charge on any atom is 0.173 e. The Kier molecular flexibility index (Phi) is 3.80. The van der Waals surface area contributed by atoms with Crippen LogP contribution >= 0.6 is 12.6 Å². The van der Waals surface area contributed by atoms with Gasteiger partial charge in [0, 0.05) is 5.56 Å². The Balaban J connectivity index is 3.42. The first-order chi connectivity index (χ1) is 7.02. The van der Waals surface area contributed by atoms with Gasteiger partial charge >= 0.3 is 0 Å². The molecule has 82 valence electrons. The lowest BCUT2D eigenvalue weighted by atomic mass is 9.95. The lowest BCUT2D eigenvalue weighted by molar-refractivity contribution is 0.102. The summed E-state index contributed by atoms with van der Waals surface area (Å²) in [5.41, 5.74) is 3.75. The molecule has 3 heteroatoms. The molecule has 0 saturated heterocycles. The summed E-state index contributed by atoms with van der Waals surface area (Å²) in [5, 5.41) is 0. The zero-order chi connectivity index (χ0) is 11.6. The van der Waals surface area contributed by atoms with E-state index in [1.807, 2.05) is 26.8 Å². The van der Waals surface area contributed by atoms with Crippen LogP contribution in [0.3, 0.4) is 0 Å². The number of carbonyl (C=O) groups excluding carboxylic acids is 1. The first-order valence-corrected chi connectivity index (χ1v) is 5.45. The number of hydrogen-bond acceptors (Lipinski definition) is 3. The number of ketones is 1. The van der Waals surface area contributed by atoms with Crippen molar-refractivity contribution in [2.24, 2.45) is 0 Å². The molecule has 0 N–H and O–H groups in total. The van der Waals surface area contributed by atoms with Gasteiger partial charge in [-0.3, -0.25) is 4.79 Å². The summed E-state index contributed by atoms with van der Waals surface area (Å²) in [7, 11) is 1.64. The second-order valence-corrected chi connectivity index (χ2v) is 3.92.